The fourth-order valence-electron chi connectivity index (χ4n) is 3.01. The van der Waals surface area contributed by atoms with Crippen molar-refractivity contribution in [2.24, 2.45) is 0 Å². The number of hydrogen-bond donors (Lipinski definition) is 0. The van der Waals surface area contributed by atoms with Crippen molar-refractivity contribution < 1.29 is 13.9 Å². The van der Waals surface area contributed by atoms with Crippen LogP contribution in [0.3, 0.4) is 0 Å². The Morgan fingerprint density at radius 3 is 2.41 bits per heavy atom. The Morgan fingerprint density at radius 1 is 1.00 bits per heavy atom. The standard InChI is InChI=1S/C23H27NO3/c1-4-9-22(25-5-2)18-12-14-20(15-13-18)26-16-21-17(3)27-23(24-21)19-10-7-6-8-11-19/h6-8,10-15,22H,4-5,9,16H2,1-3H3. The zero-order chi connectivity index (χ0) is 19.1. The van der Waals surface area contributed by atoms with Gasteiger partial charge >= 0.3 is 0 Å². The van der Waals surface area contributed by atoms with Gasteiger partial charge in [-0.2, -0.15) is 0 Å². The van der Waals surface area contributed by atoms with Crippen molar-refractivity contribution in [3.05, 3.63) is 71.6 Å². The van der Waals surface area contributed by atoms with E-state index in [0.29, 0.717) is 12.5 Å². The quantitative estimate of drug-likeness (QED) is 0.459. The van der Waals surface area contributed by atoms with Gasteiger partial charge in [-0.3, -0.25) is 0 Å². The van der Waals surface area contributed by atoms with E-state index in [2.05, 4.69) is 24.0 Å². The Hall–Kier alpha value is -2.59. The predicted octanol–water partition coefficient (Wildman–Crippen LogP) is 6.11. The van der Waals surface area contributed by atoms with Crippen molar-refractivity contribution in [3.63, 3.8) is 0 Å². The molecule has 0 saturated heterocycles. The van der Waals surface area contributed by atoms with Crippen LogP contribution in [0, 0.1) is 6.92 Å². The lowest BCUT2D eigenvalue weighted by Gasteiger charge is -2.17. The molecule has 142 valence electrons. The summed E-state index contributed by atoms with van der Waals surface area (Å²) in [6, 6.07) is 18.0. The van der Waals surface area contributed by atoms with Gasteiger partial charge in [-0.1, -0.05) is 43.7 Å². The highest BCUT2D eigenvalue weighted by atomic mass is 16.5. The molecule has 2 aromatic carbocycles. The average molecular weight is 365 g/mol. The lowest BCUT2D eigenvalue weighted by Crippen LogP contribution is -2.04. The molecule has 1 aromatic heterocycles. The number of ether oxygens (including phenoxy) is 2. The van der Waals surface area contributed by atoms with Crippen LogP contribution in [-0.4, -0.2) is 11.6 Å². The molecular weight excluding hydrogens is 338 g/mol. The van der Waals surface area contributed by atoms with Gasteiger partial charge in [0.1, 0.15) is 23.8 Å². The highest BCUT2D eigenvalue weighted by molar-refractivity contribution is 5.53. The Bertz CT molecular complexity index is 819. The van der Waals surface area contributed by atoms with E-state index in [1.165, 1.54) is 5.56 Å². The third-order valence-electron chi connectivity index (χ3n) is 4.46. The van der Waals surface area contributed by atoms with Crippen molar-refractivity contribution in [1.82, 2.24) is 4.98 Å². The molecule has 1 unspecified atom stereocenters. The fourth-order valence-corrected chi connectivity index (χ4v) is 3.01. The minimum Gasteiger partial charge on any atom is -0.487 e. The molecule has 1 heterocycles. The van der Waals surface area contributed by atoms with Gasteiger partial charge in [0, 0.05) is 12.2 Å². The van der Waals surface area contributed by atoms with Gasteiger partial charge < -0.3 is 13.9 Å². The molecule has 0 fully saturated rings. The number of aromatic nitrogens is 1. The van der Waals surface area contributed by atoms with Crippen LogP contribution in [0.5, 0.6) is 5.75 Å². The van der Waals surface area contributed by atoms with Crippen molar-refractivity contribution in [2.75, 3.05) is 6.61 Å². The number of aryl methyl sites for hydroxylation is 1. The first kappa shape index (κ1) is 19.2. The molecule has 0 aliphatic heterocycles. The largest absolute Gasteiger partial charge is 0.487 e. The van der Waals surface area contributed by atoms with E-state index in [-0.39, 0.29) is 6.10 Å². The maximum atomic E-state index is 5.91. The second kappa shape index (κ2) is 9.38. The molecule has 1 atom stereocenters. The molecule has 0 spiro atoms. The average Bonchev–Trinajstić information content (AvgIpc) is 3.08. The molecule has 0 saturated carbocycles. The summed E-state index contributed by atoms with van der Waals surface area (Å²) in [7, 11) is 0. The van der Waals surface area contributed by atoms with Crippen LogP contribution in [0.1, 0.15) is 49.8 Å². The van der Waals surface area contributed by atoms with Crippen LogP contribution in [0.25, 0.3) is 11.5 Å². The monoisotopic (exact) mass is 365 g/mol. The van der Waals surface area contributed by atoms with Crippen LogP contribution < -0.4 is 4.74 Å². The Morgan fingerprint density at radius 2 is 1.74 bits per heavy atom. The van der Waals surface area contributed by atoms with Crippen molar-refractivity contribution in [3.8, 4) is 17.2 Å². The van der Waals surface area contributed by atoms with Crippen LogP contribution >= 0.6 is 0 Å². The number of nitrogens with zero attached hydrogens (tertiary/aromatic N) is 1. The van der Waals surface area contributed by atoms with Crippen LogP contribution in [0.4, 0.5) is 0 Å². The van der Waals surface area contributed by atoms with Crippen LogP contribution in [0.2, 0.25) is 0 Å². The molecule has 4 nitrogen and oxygen atoms in total. The summed E-state index contributed by atoms with van der Waals surface area (Å²) in [5.74, 6) is 2.22. The summed E-state index contributed by atoms with van der Waals surface area (Å²) >= 11 is 0. The third kappa shape index (κ3) is 4.98. The Labute approximate surface area is 161 Å². The molecule has 3 aromatic rings. The molecule has 0 aliphatic carbocycles. The summed E-state index contributed by atoms with van der Waals surface area (Å²) in [4.78, 5) is 4.58. The van der Waals surface area contributed by atoms with E-state index >= 15 is 0 Å². The number of rotatable bonds is 9. The second-order valence-electron chi connectivity index (χ2n) is 6.48. The number of hydrogen-bond acceptors (Lipinski definition) is 4. The SMILES string of the molecule is CCCC(OCC)c1ccc(OCc2nc(-c3ccccc3)oc2C)cc1. The molecule has 0 bridgehead atoms. The van der Waals surface area contributed by atoms with Crippen molar-refractivity contribution in [2.45, 2.75) is 46.3 Å². The highest BCUT2D eigenvalue weighted by Gasteiger charge is 2.13. The normalized spacial score (nSPS) is 12.1. The van der Waals surface area contributed by atoms with E-state index in [1.807, 2.05) is 56.3 Å². The minimum atomic E-state index is 0.153. The zero-order valence-corrected chi connectivity index (χ0v) is 16.3. The summed E-state index contributed by atoms with van der Waals surface area (Å²) < 4.78 is 17.5. The zero-order valence-electron chi connectivity index (χ0n) is 16.3. The second-order valence-corrected chi connectivity index (χ2v) is 6.48. The van der Waals surface area contributed by atoms with Gasteiger partial charge in [0.25, 0.3) is 0 Å². The molecule has 27 heavy (non-hydrogen) atoms. The van der Waals surface area contributed by atoms with Gasteiger partial charge in [-0.05, 0) is 50.1 Å². The predicted molar refractivity (Wildman–Crippen MR) is 107 cm³/mol. The fraction of sp³-hybridized carbons (Fsp3) is 0.348. The van der Waals surface area contributed by atoms with Gasteiger partial charge in [0.15, 0.2) is 0 Å². The van der Waals surface area contributed by atoms with Crippen molar-refractivity contribution >= 4 is 0 Å². The smallest absolute Gasteiger partial charge is 0.226 e. The highest BCUT2D eigenvalue weighted by Crippen LogP contribution is 2.26. The molecular formula is C23H27NO3. The van der Waals surface area contributed by atoms with Gasteiger partial charge in [0.2, 0.25) is 5.89 Å². The third-order valence-corrected chi connectivity index (χ3v) is 4.46. The van der Waals surface area contributed by atoms with Crippen LogP contribution in [-0.2, 0) is 11.3 Å². The number of oxazole rings is 1. The first-order valence-corrected chi connectivity index (χ1v) is 9.57. The van der Waals surface area contributed by atoms with Gasteiger partial charge in [0.05, 0.1) is 6.10 Å². The van der Waals surface area contributed by atoms with E-state index in [0.717, 1.165) is 42.2 Å². The Kier molecular flexibility index (Phi) is 6.66. The van der Waals surface area contributed by atoms with E-state index in [9.17, 15) is 0 Å². The molecule has 0 aliphatic rings. The van der Waals surface area contributed by atoms with E-state index in [1.54, 1.807) is 0 Å². The maximum Gasteiger partial charge on any atom is 0.226 e. The minimum absolute atomic E-state index is 0.153. The molecule has 4 heteroatoms. The lowest BCUT2D eigenvalue weighted by atomic mass is 10.1. The van der Waals surface area contributed by atoms with E-state index in [4.69, 9.17) is 13.9 Å². The number of benzene rings is 2. The van der Waals surface area contributed by atoms with Gasteiger partial charge in [-0.25, -0.2) is 4.98 Å². The molecule has 0 N–H and O–H groups in total. The Balaban J connectivity index is 1.64. The van der Waals surface area contributed by atoms with E-state index < -0.39 is 0 Å². The lowest BCUT2D eigenvalue weighted by molar-refractivity contribution is 0.0556. The summed E-state index contributed by atoms with van der Waals surface area (Å²) in [5.41, 5.74) is 2.97. The molecule has 0 amide bonds. The van der Waals surface area contributed by atoms with Crippen molar-refractivity contribution in [1.29, 1.82) is 0 Å². The first-order chi connectivity index (χ1) is 13.2. The first-order valence-electron chi connectivity index (χ1n) is 9.57. The van der Waals surface area contributed by atoms with Gasteiger partial charge in [-0.15, -0.1) is 0 Å². The molecule has 3 rings (SSSR count). The molecule has 0 radical (unpaired) electrons. The summed E-state index contributed by atoms with van der Waals surface area (Å²) in [5, 5.41) is 0. The van der Waals surface area contributed by atoms with Crippen LogP contribution in [0.15, 0.2) is 59.0 Å². The topological polar surface area (TPSA) is 44.5 Å². The summed E-state index contributed by atoms with van der Waals surface area (Å²) in [6.07, 6.45) is 2.27. The maximum absolute atomic E-state index is 5.91. The summed E-state index contributed by atoms with van der Waals surface area (Å²) in [6.45, 7) is 7.22.